The molecule has 0 spiro atoms. The maximum Gasteiger partial charge on any atom is 0.227 e. The molecule has 0 fully saturated rings. The van der Waals surface area contributed by atoms with Gasteiger partial charge in [0.2, 0.25) is 5.88 Å². The standard InChI is InChI=1S/C21H15FN4O/c22-18-11-14(8-9-17(18)19-12-26-20(23)13-25-19)16-7-4-10-24-21(16)27-15-5-2-1-3-6-15/h1-13H,(H2,23,26). The molecule has 2 aromatic heterocycles. The highest BCUT2D eigenvalue weighted by Gasteiger charge is 2.13. The minimum Gasteiger partial charge on any atom is -0.438 e. The van der Waals surface area contributed by atoms with Crippen LogP contribution in [0.1, 0.15) is 0 Å². The lowest BCUT2D eigenvalue weighted by Crippen LogP contribution is -1.95. The molecule has 0 aliphatic carbocycles. The number of anilines is 1. The summed E-state index contributed by atoms with van der Waals surface area (Å²) in [4.78, 5) is 12.4. The first-order valence-electron chi connectivity index (χ1n) is 8.26. The lowest BCUT2D eigenvalue weighted by Gasteiger charge is -2.11. The summed E-state index contributed by atoms with van der Waals surface area (Å²) >= 11 is 0. The van der Waals surface area contributed by atoms with E-state index in [9.17, 15) is 4.39 Å². The molecule has 0 amide bonds. The number of pyridine rings is 1. The smallest absolute Gasteiger partial charge is 0.227 e. The number of aromatic nitrogens is 3. The van der Waals surface area contributed by atoms with Gasteiger partial charge in [0.25, 0.3) is 0 Å². The average molecular weight is 358 g/mol. The van der Waals surface area contributed by atoms with E-state index in [-0.39, 0.29) is 5.82 Å². The molecule has 0 unspecified atom stereocenters. The Morgan fingerprint density at radius 2 is 1.67 bits per heavy atom. The summed E-state index contributed by atoms with van der Waals surface area (Å²) in [6, 6.07) is 17.8. The quantitative estimate of drug-likeness (QED) is 0.571. The topological polar surface area (TPSA) is 73.9 Å². The van der Waals surface area contributed by atoms with Crippen molar-refractivity contribution < 1.29 is 9.13 Å². The van der Waals surface area contributed by atoms with Gasteiger partial charge in [-0.3, -0.25) is 4.98 Å². The van der Waals surface area contributed by atoms with Gasteiger partial charge >= 0.3 is 0 Å². The van der Waals surface area contributed by atoms with Gasteiger partial charge in [-0.15, -0.1) is 0 Å². The Labute approximate surface area is 155 Å². The van der Waals surface area contributed by atoms with Gasteiger partial charge in [-0.25, -0.2) is 14.4 Å². The van der Waals surface area contributed by atoms with Crippen LogP contribution in [0.3, 0.4) is 0 Å². The van der Waals surface area contributed by atoms with Gasteiger partial charge in [0.15, 0.2) is 0 Å². The van der Waals surface area contributed by atoms with Crippen molar-refractivity contribution in [1.82, 2.24) is 15.0 Å². The summed E-state index contributed by atoms with van der Waals surface area (Å²) < 4.78 is 20.6. The molecular weight excluding hydrogens is 343 g/mol. The van der Waals surface area contributed by atoms with E-state index in [0.29, 0.717) is 34.0 Å². The van der Waals surface area contributed by atoms with Crippen LogP contribution in [0.4, 0.5) is 10.2 Å². The summed E-state index contributed by atoms with van der Waals surface area (Å²) in [5.41, 5.74) is 7.64. The molecule has 0 saturated heterocycles. The number of para-hydroxylation sites is 1. The van der Waals surface area contributed by atoms with Gasteiger partial charge < -0.3 is 10.5 Å². The van der Waals surface area contributed by atoms with E-state index in [1.54, 1.807) is 24.4 Å². The lowest BCUT2D eigenvalue weighted by atomic mass is 10.0. The molecule has 4 aromatic rings. The van der Waals surface area contributed by atoms with Crippen LogP contribution >= 0.6 is 0 Å². The molecule has 0 aliphatic rings. The van der Waals surface area contributed by atoms with E-state index >= 15 is 0 Å². The number of rotatable bonds is 4. The lowest BCUT2D eigenvalue weighted by molar-refractivity contribution is 0.465. The van der Waals surface area contributed by atoms with Crippen LogP contribution in [0, 0.1) is 5.82 Å². The van der Waals surface area contributed by atoms with Gasteiger partial charge in [-0.2, -0.15) is 0 Å². The van der Waals surface area contributed by atoms with Crippen LogP contribution in [-0.2, 0) is 0 Å². The number of ether oxygens (including phenoxy) is 1. The normalized spacial score (nSPS) is 10.6. The SMILES string of the molecule is Nc1cnc(-c2ccc(-c3cccnc3Oc3ccccc3)cc2F)cn1. The van der Waals surface area contributed by atoms with Gasteiger partial charge in [0.1, 0.15) is 17.4 Å². The molecule has 2 N–H and O–H groups in total. The summed E-state index contributed by atoms with van der Waals surface area (Å²) in [5, 5.41) is 0. The third-order valence-electron chi connectivity index (χ3n) is 3.96. The molecule has 2 heterocycles. The van der Waals surface area contributed by atoms with Gasteiger partial charge in [-0.05, 0) is 42.0 Å². The fraction of sp³-hybridized carbons (Fsp3) is 0. The first-order chi connectivity index (χ1) is 13.2. The second-order valence-electron chi connectivity index (χ2n) is 5.79. The van der Waals surface area contributed by atoms with Crippen molar-refractivity contribution in [2.24, 2.45) is 0 Å². The second-order valence-corrected chi connectivity index (χ2v) is 5.79. The molecule has 0 saturated carbocycles. The zero-order valence-corrected chi connectivity index (χ0v) is 14.2. The van der Waals surface area contributed by atoms with Crippen molar-refractivity contribution in [1.29, 1.82) is 0 Å². The van der Waals surface area contributed by atoms with Crippen LogP contribution in [0.25, 0.3) is 22.4 Å². The van der Waals surface area contributed by atoms with E-state index in [4.69, 9.17) is 10.5 Å². The first-order valence-corrected chi connectivity index (χ1v) is 8.26. The molecule has 0 aliphatic heterocycles. The monoisotopic (exact) mass is 358 g/mol. The minimum atomic E-state index is -0.416. The van der Waals surface area contributed by atoms with Gasteiger partial charge in [0, 0.05) is 17.3 Å². The predicted molar refractivity (Wildman–Crippen MR) is 102 cm³/mol. The molecule has 2 aromatic carbocycles. The molecule has 6 heteroatoms. The fourth-order valence-electron chi connectivity index (χ4n) is 2.66. The molecule has 132 valence electrons. The number of hydrogen-bond acceptors (Lipinski definition) is 5. The highest BCUT2D eigenvalue weighted by molar-refractivity contribution is 5.72. The van der Waals surface area contributed by atoms with Crippen LogP contribution < -0.4 is 10.5 Å². The minimum absolute atomic E-state index is 0.286. The van der Waals surface area contributed by atoms with Crippen molar-refractivity contribution >= 4 is 5.82 Å². The molecule has 0 atom stereocenters. The van der Waals surface area contributed by atoms with Crippen LogP contribution in [0.2, 0.25) is 0 Å². The van der Waals surface area contributed by atoms with Gasteiger partial charge in [0.05, 0.1) is 18.1 Å². The zero-order valence-electron chi connectivity index (χ0n) is 14.2. The second kappa shape index (κ2) is 7.21. The van der Waals surface area contributed by atoms with Crippen molar-refractivity contribution in [2.45, 2.75) is 0 Å². The van der Waals surface area contributed by atoms with E-state index in [1.807, 2.05) is 36.4 Å². The van der Waals surface area contributed by atoms with Gasteiger partial charge in [-0.1, -0.05) is 24.3 Å². The van der Waals surface area contributed by atoms with Crippen LogP contribution in [0.5, 0.6) is 11.6 Å². The maximum atomic E-state index is 14.7. The third-order valence-corrected chi connectivity index (χ3v) is 3.96. The number of halogens is 1. The number of hydrogen-bond donors (Lipinski definition) is 1. The van der Waals surface area contributed by atoms with Crippen LogP contribution in [0.15, 0.2) is 79.3 Å². The summed E-state index contributed by atoms with van der Waals surface area (Å²) in [6.07, 6.45) is 4.48. The largest absolute Gasteiger partial charge is 0.438 e. The van der Waals surface area contributed by atoms with Crippen LogP contribution in [-0.4, -0.2) is 15.0 Å². The Hall–Kier alpha value is -3.80. The summed E-state index contributed by atoms with van der Waals surface area (Å²) in [5.74, 6) is 0.935. The number of benzene rings is 2. The molecule has 5 nitrogen and oxygen atoms in total. The third kappa shape index (κ3) is 3.59. The Morgan fingerprint density at radius 1 is 0.815 bits per heavy atom. The average Bonchev–Trinajstić information content (AvgIpc) is 2.70. The maximum absolute atomic E-state index is 14.7. The van der Waals surface area contributed by atoms with E-state index in [0.717, 1.165) is 0 Å². The van der Waals surface area contributed by atoms with Crippen molar-refractivity contribution in [3.8, 4) is 34.0 Å². The van der Waals surface area contributed by atoms with Crippen molar-refractivity contribution in [2.75, 3.05) is 5.73 Å². The Morgan fingerprint density at radius 3 is 2.41 bits per heavy atom. The van der Waals surface area contributed by atoms with Crippen molar-refractivity contribution in [3.63, 3.8) is 0 Å². The molecular formula is C21H15FN4O. The number of nitrogen functional groups attached to an aromatic ring is 1. The molecule has 0 bridgehead atoms. The van der Waals surface area contributed by atoms with E-state index < -0.39 is 5.82 Å². The Bertz CT molecular complexity index is 1070. The fourth-order valence-corrected chi connectivity index (χ4v) is 2.66. The summed E-state index contributed by atoms with van der Waals surface area (Å²) in [6.45, 7) is 0. The number of nitrogens with two attached hydrogens (primary N) is 1. The Balaban J connectivity index is 1.70. The number of nitrogens with zero attached hydrogens (tertiary/aromatic N) is 3. The molecule has 4 rings (SSSR count). The molecule has 0 radical (unpaired) electrons. The highest BCUT2D eigenvalue weighted by atomic mass is 19.1. The first kappa shape index (κ1) is 16.7. The van der Waals surface area contributed by atoms with Crippen molar-refractivity contribution in [3.05, 3.63) is 85.1 Å². The zero-order chi connectivity index (χ0) is 18.6. The predicted octanol–water partition coefficient (Wildman–Crippen LogP) is 4.72. The Kier molecular flexibility index (Phi) is 4.45. The van der Waals surface area contributed by atoms with E-state index in [1.165, 1.54) is 18.5 Å². The van der Waals surface area contributed by atoms with E-state index in [2.05, 4.69) is 15.0 Å². The summed E-state index contributed by atoms with van der Waals surface area (Å²) in [7, 11) is 0. The highest BCUT2D eigenvalue weighted by Crippen LogP contribution is 2.33. The molecule has 27 heavy (non-hydrogen) atoms.